The summed E-state index contributed by atoms with van der Waals surface area (Å²) >= 11 is 0. The molecule has 0 spiro atoms. The minimum atomic E-state index is -0.466. The molecule has 1 rings (SSSR count). The fraction of sp³-hybridized carbons (Fsp3) is 0.429. The molecule has 5 heteroatoms. The third-order valence-electron chi connectivity index (χ3n) is 2.79. The molecule has 19 heavy (non-hydrogen) atoms. The molecule has 0 aliphatic carbocycles. The maximum absolute atomic E-state index is 12.1. The van der Waals surface area contributed by atoms with Gasteiger partial charge in [0.25, 0.3) is 5.91 Å². The number of amides is 1. The molecule has 0 aliphatic heterocycles. The van der Waals surface area contributed by atoms with Crippen LogP contribution >= 0.6 is 0 Å². The monoisotopic (exact) mass is 265 g/mol. The molecular weight excluding hydrogens is 246 g/mol. The van der Waals surface area contributed by atoms with Gasteiger partial charge in [-0.1, -0.05) is 18.2 Å². The van der Waals surface area contributed by atoms with E-state index in [1.807, 2.05) is 32.0 Å². The van der Waals surface area contributed by atoms with Crippen molar-refractivity contribution in [3.63, 3.8) is 0 Å². The van der Waals surface area contributed by atoms with E-state index in [-0.39, 0.29) is 19.1 Å². The Morgan fingerprint density at radius 2 is 1.74 bits per heavy atom. The average molecular weight is 265 g/mol. The number of aryl methyl sites for hydroxylation is 2. The molecule has 0 N–H and O–H groups in total. The first-order chi connectivity index (χ1) is 9.01. The van der Waals surface area contributed by atoms with E-state index >= 15 is 0 Å². The van der Waals surface area contributed by atoms with Gasteiger partial charge in [-0.2, -0.15) is 0 Å². The number of anilines is 1. The Kier molecular flexibility index (Phi) is 5.51. The van der Waals surface area contributed by atoms with Crippen molar-refractivity contribution in [3.05, 3.63) is 29.3 Å². The third kappa shape index (κ3) is 3.79. The van der Waals surface area contributed by atoms with Gasteiger partial charge >= 0.3 is 5.97 Å². The highest BCUT2D eigenvalue weighted by Crippen LogP contribution is 2.24. The quantitative estimate of drug-likeness (QED) is 0.756. The normalized spacial score (nSPS) is 10.1. The summed E-state index contributed by atoms with van der Waals surface area (Å²) in [5, 5.41) is 0. The Bertz CT molecular complexity index is 450. The Hall–Kier alpha value is -1.88. The number of hydrogen-bond acceptors (Lipinski definition) is 4. The highest BCUT2D eigenvalue weighted by atomic mass is 16.5. The van der Waals surface area contributed by atoms with Gasteiger partial charge in [0.1, 0.15) is 13.2 Å². The van der Waals surface area contributed by atoms with Crippen molar-refractivity contribution in [2.24, 2.45) is 0 Å². The second kappa shape index (κ2) is 6.89. The molecule has 0 bridgehead atoms. The predicted octanol–water partition coefficient (Wildman–Crippen LogP) is 1.46. The van der Waals surface area contributed by atoms with Gasteiger partial charge in [-0.15, -0.1) is 0 Å². The summed E-state index contributed by atoms with van der Waals surface area (Å²) in [4.78, 5) is 25.0. The van der Waals surface area contributed by atoms with Crippen LogP contribution in [0.25, 0.3) is 0 Å². The molecule has 0 fully saturated rings. The first-order valence-corrected chi connectivity index (χ1v) is 5.93. The largest absolute Gasteiger partial charge is 0.468 e. The zero-order valence-corrected chi connectivity index (χ0v) is 11.7. The van der Waals surface area contributed by atoms with Crippen LogP contribution < -0.4 is 4.90 Å². The molecule has 1 aromatic rings. The second-order valence-electron chi connectivity index (χ2n) is 4.23. The second-order valence-corrected chi connectivity index (χ2v) is 4.23. The number of hydrogen-bond donors (Lipinski definition) is 0. The van der Waals surface area contributed by atoms with Crippen molar-refractivity contribution >= 4 is 17.6 Å². The third-order valence-corrected chi connectivity index (χ3v) is 2.79. The lowest BCUT2D eigenvalue weighted by atomic mass is 10.1. The van der Waals surface area contributed by atoms with E-state index in [0.29, 0.717) is 0 Å². The van der Waals surface area contributed by atoms with E-state index in [4.69, 9.17) is 4.74 Å². The highest BCUT2D eigenvalue weighted by molar-refractivity contribution is 5.99. The van der Waals surface area contributed by atoms with Crippen LogP contribution in [0.5, 0.6) is 0 Å². The lowest BCUT2D eigenvalue weighted by molar-refractivity contribution is -0.140. The van der Waals surface area contributed by atoms with Crippen molar-refractivity contribution in [1.29, 1.82) is 0 Å². The zero-order valence-electron chi connectivity index (χ0n) is 11.7. The molecule has 0 heterocycles. The molecular formula is C14H19NO4. The van der Waals surface area contributed by atoms with Crippen molar-refractivity contribution in [1.82, 2.24) is 0 Å². The number of nitrogens with zero attached hydrogens (tertiary/aromatic N) is 1. The number of methoxy groups -OCH3 is 2. The van der Waals surface area contributed by atoms with E-state index in [2.05, 4.69) is 4.74 Å². The van der Waals surface area contributed by atoms with Crippen molar-refractivity contribution < 1.29 is 19.1 Å². The molecule has 0 atom stereocenters. The van der Waals surface area contributed by atoms with Crippen LogP contribution in [0, 0.1) is 13.8 Å². The SMILES string of the molecule is COCC(=O)N(CC(=O)OC)c1c(C)cccc1C. The fourth-order valence-corrected chi connectivity index (χ4v) is 1.92. The lowest BCUT2D eigenvalue weighted by Gasteiger charge is -2.25. The molecule has 104 valence electrons. The average Bonchev–Trinajstić information content (AvgIpc) is 2.37. The predicted molar refractivity (Wildman–Crippen MR) is 72.2 cm³/mol. The number of para-hydroxylation sites is 1. The number of carbonyl (C=O) groups excluding carboxylic acids is 2. The van der Waals surface area contributed by atoms with Gasteiger partial charge in [0, 0.05) is 7.11 Å². The summed E-state index contributed by atoms with van der Waals surface area (Å²) in [7, 11) is 2.74. The number of rotatable bonds is 5. The van der Waals surface area contributed by atoms with Crippen LogP contribution in [0.3, 0.4) is 0 Å². The van der Waals surface area contributed by atoms with Gasteiger partial charge in [0.05, 0.1) is 12.8 Å². The van der Waals surface area contributed by atoms with E-state index in [9.17, 15) is 9.59 Å². The van der Waals surface area contributed by atoms with Gasteiger partial charge in [0.15, 0.2) is 0 Å². The fourth-order valence-electron chi connectivity index (χ4n) is 1.92. The van der Waals surface area contributed by atoms with Crippen LogP contribution in [0.15, 0.2) is 18.2 Å². The summed E-state index contributed by atoms with van der Waals surface area (Å²) in [5.41, 5.74) is 2.58. The van der Waals surface area contributed by atoms with Crippen LogP contribution in [-0.2, 0) is 19.1 Å². The van der Waals surface area contributed by atoms with E-state index in [1.165, 1.54) is 19.1 Å². The Morgan fingerprint density at radius 1 is 1.16 bits per heavy atom. The van der Waals surface area contributed by atoms with Gasteiger partial charge in [-0.25, -0.2) is 0 Å². The molecule has 1 amide bonds. The van der Waals surface area contributed by atoms with Crippen LogP contribution in [0.4, 0.5) is 5.69 Å². The zero-order chi connectivity index (χ0) is 14.4. The molecule has 0 saturated carbocycles. The molecule has 1 aromatic carbocycles. The van der Waals surface area contributed by atoms with Crippen molar-refractivity contribution in [2.45, 2.75) is 13.8 Å². The Labute approximate surface area is 113 Å². The number of ether oxygens (including phenoxy) is 2. The van der Waals surface area contributed by atoms with Gasteiger partial charge in [-0.05, 0) is 25.0 Å². The summed E-state index contributed by atoms with van der Waals surface area (Å²) in [6.07, 6.45) is 0. The van der Waals surface area contributed by atoms with Gasteiger partial charge < -0.3 is 9.47 Å². The van der Waals surface area contributed by atoms with E-state index in [1.54, 1.807) is 0 Å². The molecule has 0 aromatic heterocycles. The molecule has 5 nitrogen and oxygen atoms in total. The first kappa shape index (κ1) is 15.2. The molecule has 0 aliphatic rings. The Balaban J connectivity index is 3.15. The minimum Gasteiger partial charge on any atom is -0.468 e. The topological polar surface area (TPSA) is 55.8 Å². The molecule has 0 unspecified atom stereocenters. The van der Waals surface area contributed by atoms with Crippen LogP contribution in [0.1, 0.15) is 11.1 Å². The minimum absolute atomic E-state index is 0.0786. The van der Waals surface area contributed by atoms with E-state index < -0.39 is 5.97 Å². The van der Waals surface area contributed by atoms with Gasteiger partial charge in [0.2, 0.25) is 0 Å². The maximum Gasteiger partial charge on any atom is 0.325 e. The summed E-state index contributed by atoms with van der Waals surface area (Å²) in [5.74, 6) is -0.739. The van der Waals surface area contributed by atoms with Crippen LogP contribution in [0.2, 0.25) is 0 Å². The first-order valence-electron chi connectivity index (χ1n) is 5.93. The highest BCUT2D eigenvalue weighted by Gasteiger charge is 2.22. The number of carbonyl (C=O) groups is 2. The standard InChI is InChI=1S/C14H19NO4/c1-10-6-5-7-11(2)14(10)15(8-13(17)19-4)12(16)9-18-3/h5-7H,8-9H2,1-4H3. The lowest BCUT2D eigenvalue weighted by Crippen LogP contribution is -2.39. The van der Waals surface area contributed by atoms with Crippen LogP contribution in [-0.4, -0.2) is 39.2 Å². The molecule has 0 radical (unpaired) electrons. The van der Waals surface area contributed by atoms with Crippen molar-refractivity contribution in [3.8, 4) is 0 Å². The Morgan fingerprint density at radius 3 is 2.21 bits per heavy atom. The number of benzene rings is 1. The van der Waals surface area contributed by atoms with Crippen molar-refractivity contribution in [2.75, 3.05) is 32.3 Å². The summed E-state index contributed by atoms with van der Waals surface area (Å²) < 4.78 is 9.49. The van der Waals surface area contributed by atoms with Gasteiger partial charge in [-0.3, -0.25) is 14.5 Å². The maximum atomic E-state index is 12.1. The summed E-state index contributed by atoms with van der Waals surface area (Å²) in [6, 6.07) is 5.70. The summed E-state index contributed by atoms with van der Waals surface area (Å²) in [6.45, 7) is 3.59. The molecule has 0 saturated heterocycles. The van der Waals surface area contributed by atoms with E-state index in [0.717, 1.165) is 16.8 Å². The number of esters is 1. The smallest absolute Gasteiger partial charge is 0.325 e.